The second-order valence-corrected chi connectivity index (χ2v) is 6.05. The SMILES string of the molecule is CCCN(C(=O)c1cccc(C(=O)N(C)CC)c1)C1CCNC1.Cl. The Balaban J connectivity index is 0.00000288. The van der Waals surface area contributed by atoms with Crippen molar-refractivity contribution in [2.75, 3.05) is 33.2 Å². The number of carbonyl (C=O) groups excluding carboxylic acids is 2. The minimum atomic E-state index is -0.0493. The number of benzene rings is 1. The molecule has 1 atom stereocenters. The van der Waals surface area contributed by atoms with E-state index in [2.05, 4.69) is 12.2 Å². The van der Waals surface area contributed by atoms with Gasteiger partial charge in [0.05, 0.1) is 0 Å². The van der Waals surface area contributed by atoms with E-state index in [0.717, 1.165) is 32.5 Å². The molecule has 0 saturated carbocycles. The summed E-state index contributed by atoms with van der Waals surface area (Å²) in [6.45, 7) is 7.22. The molecule has 2 rings (SSSR count). The Morgan fingerprint density at radius 2 is 1.88 bits per heavy atom. The fourth-order valence-electron chi connectivity index (χ4n) is 2.91. The first-order valence-electron chi connectivity index (χ1n) is 8.45. The van der Waals surface area contributed by atoms with Crippen LogP contribution in [-0.4, -0.2) is 60.9 Å². The molecule has 2 amide bonds. The molecule has 1 heterocycles. The smallest absolute Gasteiger partial charge is 0.254 e. The Labute approximate surface area is 150 Å². The fourth-order valence-corrected chi connectivity index (χ4v) is 2.91. The van der Waals surface area contributed by atoms with Crippen molar-refractivity contribution < 1.29 is 9.59 Å². The van der Waals surface area contributed by atoms with Crippen LogP contribution in [-0.2, 0) is 0 Å². The van der Waals surface area contributed by atoms with E-state index in [9.17, 15) is 9.59 Å². The fraction of sp³-hybridized carbons (Fsp3) is 0.556. The van der Waals surface area contributed by atoms with Gasteiger partial charge in [-0.2, -0.15) is 0 Å². The minimum Gasteiger partial charge on any atom is -0.342 e. The average Bonchev–Trinajstić information content (AvgIpc) is 3.12. The van der Waals surface area contributed by atoms with Gasteiger partial charge in [0.25, 0.3) is 11.8 Å². The summed E-state index contributed by atoms with van der Waals surface area (Å²) in [4.78, 5) is 28.8. The van der Waals surface area contributed by atoms with Gasteiger partial charge in [-0.25, -0.2) is 0 Å². The maximum atomic E-state index is 12.9. The molecule has 1 N–H and O–H groups in total. The summed E-state index contributed by atoms with van der Waals surface area (Å²) >= 11 is 0. The van der Waals surface area contributed by atoms with Crippen LogP contribution in [0.2, 0.25) is 0 Å². The van der Waals surface area contributed by atoms with Gasteiger partial charge in [0.15, 0.2) is 0 Å². The molecular weight excluding hydrogens is 326 g/mol. The van der Waals surface area contributed by atoms with E-state index >= 15 is 0 Å². The highest BCUT2D eigenvalue weighted by Crippen LogP contribution is 2.16. The lowest BCUT2D eigenvalue weighted by Crippen LogP contribution is -2.42. The van der Waals surface area contributed by atoms with Crippen molar-refractivity contribution in [1.82, 2.24) is 15.1 Å². The van der Waals surface area contributed by atoms with Gasteiger partial charge in [-0.1, -0.05) is 13.0 Å². The number of amides is 2. The molecule has 1 saturated heterocycles. The van der Waals surface area contributed by atoms with Gasteiger partial charge >= 0.3 is 0 Å². The van der Waals surface area contributed by atoms with Crippen LogP contribution in [0.3, 0.4) is 0 Å². The van der Waals surface area contributed by atoms with Gasteiger partial charge in [0.1, 0.15) is 0 Å². The second kappa shape index (κ2) is 9.64. The summed E-state index contributed by atoms with van der Waals surface area (Å²) < 4.78 is 0. The molecule has 1 aliphatic rings. The highest BCUT2D eigenvalue weighted by atomic mass is 35.5. The van der Waals surface area contributed by atoms with E-state index < -0.39 is 0 Å². The molecule has 1 aliphatic heterocycles. The van der Waals surface area contributed by atoms with Gasteiger partial charge in [0.2, 0.25) is 0 Å². The molecule has 0 radical (unpaired) electrons. The summed E-state index contributed by atoms with van der Waals surface area (Å²) in [6, 6.07) is 7.34. The van der Waals surface area contributed by atoms with Crippen LogP contribution in [0, 0.1) is 0 Å². The highest BCUT2D eigenvalue weighted by molar-refractivity contribution is 5.99. The van der Waals surface area contributed by atoms with E-state index in [-0.39, 0.29) is 30.3 Å². The summed E-state index contributed by atoms with van der Waals surface area (Å²) in [7, 11) is 1.77. The molecule has 1 unspecified atom stereocenters. The molecule has 1 fully saturated rings. The van der Waals surface area contributed by atoms with Crippen molar-refractivity contribution in [3.8, 4) is 0 Å². The lowest BCUT2D eigenvalue weighted by Gasteiger charge is -2.28. The lowest BCUT2D eigenvalue weighted by atomic mass is 10.1. The van der Waals surface area contributed by atoms with Gasteiger partial charge in [-0.05, 0) is 44.5 Å². The number of hydrogen-bond acceptors (Lipinski definition) is 3. The summed E-state index contributed by atoms with van der Waals surface area (Å²) in [5.74, 6) is -0.0268. The van der Waals surface area contributed by atoms with Crippen LogP contribution in [0.15, 0.2) is 24.3 Å². The standard InChI is InChI=1S/C18H27N3O2.ClH/c1-4-11-21(16-9-10-19-13-16)18(23)15-8-6-7-14(12-15)17(22)20(3)5-2;/h6-8,12,16,19H,4-5,9-11,13H2,1-3H3;1H. The zero-order valence-electron chi connectivity index (χ0n) is 14.7. The largest absolute Gasteiger partial charge is 0.342 e. The first-order chi connectivity index (χ1) is 11.1. The van der Waals surface area contributed by atoms with Crippen LogP contribution in [0.5, 0.6) is 0 Å². The zero-order valence-corrected chi connectivity index (χ0v) is 15.6. The number of nitrogens with one attached hydrogen (secondary N) is 1. The van der Waals surface area contributed by atoms with Crippen molar-refractivity contribution in [2.45, 2.75) is 32.7 Å². The normalized spacial score (nSPS) is 16.4. The molecule has 24 heavy (non-hydrogen) atoms. The van der Waals surface area contributed by atoms with Crippen LogP contribution >= 0.6 is 12.4 Å². The number of nitrogens with zero attached hydrogens (tertiary/aromatic N) is 2. The molecule has 1 aromatic carbocycles. The van der Waals surface area contributed by atoms with E-state index in [0.29, 0.717) is 17.7 Å². The van der Waals surface area contributed by atoms with Gasteiger partial charge < -0.3 is 15.1 Å². The Morgan fingerprint density at radius 1 is 1.21 bits per heavy atom. The average molecular weight is 354 g/mol. The number of rotatable bonds is 6. The molecule has 134 valence electrons. The Kier molecular flexibility index (Phi) is 8.22. The zero-order chi connectivity index (χ0) is 16.8. The summed E-state index contributed by atoms with van der Waals surface area (Å²) in [5.41, 5.74) is 1.17. The van der Waals surface area contributed by atoms with E-state index in [1.165, 1.54) is 0 Å². The van der Waals surface area contributed by atoms with E-state index in [1.54, 1.807) is 36.2 Å². The van der Waals surface area contributed by atoms with Crippen molar-refractivity contribution in [3.05, 3.63) is 35.4 Å². The van der Waals surface area contributed by atoms with Crippen molar-refractivity contribution in [3.63, 3.8) is 0 Å². The molecule has 1 aromatic rings. The monoisotopic (exact) mass is 353 g/mol. The molecule has 6 heteroatoms. The predicted molar refractivity (Wildman–Crippen MR) is 98.9 cm³/mol. The first kappa shape index (κ1) is 20.5. The molecule has 5 nitrogen and oxygen atoms in total. The Morgan fingerprint density at radius 3 is 2.42 bits per heavy atom. The van der Waals surface area contributed by atoms with Crippen LogP contribution < -0.4 is 5.32 Å². The van der Waals surface area contributed by atoms with Crippen molar-refractivity contribution in [2.24, 2.45) is 0 Å². The third kappa shape index (κ3) is 4.71. The van der Waals surface area contributed by atoms with Crippen molar-refractivity contribution in [1.29, 1.82) is 0 Å². The molecule has 0 spiro atoms. The summed E-state index contributed by atoms with van der Waals surface area (Å²) in [5, 5.41) is 3.32. The topological polar surface area (TPSA) is 52.7 Å². The maximum Gasteiger partial charge on any atom is 0.254 e. The quantitative estimate of drug-likeness (QED) is 0.854. The third-order valence-corrected chi connectivity index (χ3v) is 4.38. The predicted octanol–water partition coefficient (Wildman–Crippen LogP) is 2.41. The van der Waals surface area contributed by atoms with Crippen LogP contribution in [0.25, 0.3) is 0 Å². The van der Waals surface area contributed by atoms with Gasteiger partial charge in [0, 0.05) is 43.9 Å². The number of hydrogen-bond donors (Lipinski definition) is 1. The van der Waals surface area contributed by atoms with Crippen LogP contribution in [0.4, 0.5) is 0 Å². The van der Waals surface area contributed by atoms with Gasteiger partial charge in [-0.3, -0.25) is 9.59 Å². The number of halogens is 1. The Hall–Kier alpha value is -1.59. The Bertz CT molecular complexity index is 559. The van der Waals surface area contributed by atoms with Crippen molar-refractivity contribution >= 4 is 24.2 Å². The third-order valence-electron chi connectivity index (χ3n) is 4.38. The van der Waals surface area contributed by atoms with E-state index in [1.807, 2.05) is 11.8 Å². The molecule has 0 aliphatic carbocycles. The van der Waals surface area contributed by atoms with Crippen LogP contribution in [0.1, 0.15) is 47.4 Å². The second-order valence-electron chi connectivity index (χ2n) is 6.05. The molecule has 0 aromatic heterocycles. The molecular formula is C18H28ClN3O2. The first-order valence-corrected chi connectivity index (χ1v) is 8.45. The minimum absolute atomic E-state index is 0. The van der Waals surface area contributed by atoms with Gasteiger partial charge in [-0.15, -0.1) is 12.4 Å². The highest BCUT2D eigenvalue weighted by Gasteiger charge is 2.27. The lowest BCUT2D eigenvalue weighted by molar-refractivity contribution is 0.0692. The van der Waals surface area contributed by atoms with E-state index in [4.69, 9.17) is 0 Å². The number of carbonyl (C=O) groups is 2. The summed E-state index contributed by atoms with van der Waals surface area (Å²) in [6.07, 6.45) is 1.92. The maximum absolute atomic E-state index is 12.9. The molecule has 0 bridgehead atoms.